The van der Waals surface area contributed by atoms with Crippen molar-refractivity contribution in [3.8, 4) is 5.75 Å². The Morgan fingerprint density at radius 3 is 2.37 bits per heavy atom. The van der Waals surface area contributed by atoms with Crippen molar-refractivity contribution in [3.05, 3.63) is 29.8 Å². The number of amides is 1. The highest BCUT2D eigenvalue weighted by atomic mass is 16.3. The van der Waals surface area contributed by atoms with Crippen LogP contribution in [0.25, 0.3) is 0 Å². The standard InChI is InChI=1S/C15H24N2O2/c1-15(2,3)17-11-9-14(19)16-10-8-12-4-6-13(18)7-5-12/h4-7,17-18H,8-11H2,1-3H3,(H,16,19). The molecule has 0 radical (unpaired) electrons. The first-order valence-corrected chi connectivity index (χ1v) is 6.66. The van der Waals surface area contributed by atoms with Gasteiger partial charge in [0.2, 0.25) is 5.91 Å². The van der Waals surface area contributed by atoms with Crippen LogP contribution in [-0.4, -0.2) is 29.6 Å². The quantitative estimate of drug-likeness (QED) is 0.734. The van der Waals surface area contributed by atoms with Crippen LogP contribution in [0.1, 0.15) is 32.8 Å². The van der Waals surface area contributed by atoms with Gasteiger partial charge >= 0.3 is 0 Å². The molecule has 19 heavy (non-hydrogen) atoms. The number of phenolic OH excluding ortho intramolecular Hbond substituents is 1. The third-order valence-corrected chi connectivity index (χ3v) is 2.68. The third kappa shape index (κ3) is 7.47. The Hall–Kier alpha value is -1.55. The van der Waals surface area contributed by atoms with E-state index in [0.717, 1.165) is 12.0 Å². The van der Waals surface area contributed by atoms with Crippen molar-refractivity contribution in [1.82, 2.24) is 10.6 Å². The maximum atomic E-state index is 11.6. The average molecular weight is 264 g/mol. The van der Waals surface area contributed by atoms with Crippen LogP contribution in [0.5, 0.6) is 5.75 Å². The van der Waals surface area contributed by atoms with Gasteiger partial charge in [-0.1, -0.05) is 12.1 Å². The predicted molar refractivity (Wildman–Crippen MR) is 77.2 cm³/mol. The lowest BCUT2D eigenvalue weighted by atomic mass is 10.1. The molecule has 4 heteroatoms. The van der Waals surface area contributed by atoms with Crippen LogP contribution in [-0.2, 0) is 11.2 Å². The highest BCUT2D eigenvalue weighted by Crippen LogP contribution is 2.09. The minimum absolute atomic E-state index is 0.0479. The largest absolute Gasteiger partial charge is 0.508 e. The Morgan fingerprint density at radius 2 is 1.79 bits per heavy atom. The highest BCUT2D eigenvalue weighted by molar-refractivity contribution is 5.76. The number of carbonyl (C=O) groups excluding carboxylic acids is 1. The zero-order valence-electron chi connectivity index (χ0n) is 12.0. The van der Waals surface area contributed by atoms with E-state index in [1.165, 1.54) is 0 Å². The zero-order valence-corrected chi connectivity index (χ0v) is 12.0. The summed E-state index contributed by atoms with van der Waals surface area (Å²) in [5.74, 6) is 0.330. The Morgan fingerprint density at radius 1 is 1.16 bits per heavy atom. The minimum Gasteiger partial charge on any atom is -0.508 e. The van der Waals surface area contributed by atoms with Crippen molar-refractivity contribution in [3.63, 3.8) is 0 Å². The van der Waals surface area contributed by atoms with Gasteiger partial charge in [0.05, 0.1) is 0 Å². The smallest absolute Gasteiger partial charge is 0.221 e. The molecule has 0 spiro atoms. The van der Waals surface area contributed by atoms with Gasteiger partial charge in [-0.15, -0.1) is 0 Å². The molecule has 0 aliphatic heterocycles. The van der Waals surface area contributed by atoms with Gasteiger partial charge in [0, 0.05) is 25.0 Å². The number of phenols is 1. The van der Waals surface area contributed by atoms with Crippen molar-refractivity contribution in [2.24, 2.45) is 0 Å². The van der Waals surface area contributed by atoms with E-state index in [0.29, 0.717) is 19.5 Å². The van der Waals surface area contributed by atoms with Gasteiger partial charge in [-0.25, -0.2) is 0 Å². The van der Waals surface area contributed by atoms with Crippen molar-refractivity contribution < 1.29 is 9.90 Å². The lowest BCUT2D eigenvalue weighted by molar-refractivity contribution is -0.121. The van der Waals surface area contributed by atoms with E-state index in [1.807, 2.05) is 12.1 Å². The summed E-state index contributed by atoms with van der Waals surface area (Å²) in [4.78, 5) is 11.6. The predicted octanol–water partition coefficient (Wildman–Crippen LogP) is 1.83. The molecule has 106 valence electrons. The molecule has 1 rings (SSSR count). The first-order chi connectivity index (χ1) is 8.87. The topological polar surface area (TPSA) is 61.4 Å². The lowest BCUT2D eigenvalue weighted by Gasteiger charge is -2.20. The average Bonchev–Trinajstić information content (AvgIpc) is 2.30. The fourth-order valence-corrected chi connectivity index (χ4v) is 1.65. The summed E-state index contributed by atoms with van der Waals surface area (Å²) in [6.45, 7) is 7.55. The molecule has 0 unspecified atom stereocenters. The van der Waals surface area contributed by atoms with Gasteiger partial charge < -0.3 is 15.7 Å². The molecule has 0 aromatic heterocycles. The summed E-state index contributed by atoms with van der Waals surface area (Å²) in [7, 11) is 0. The molecule has 3 N–H and O–H groups in total. The fourth-order valence-electron chi connectivity index (χ4n) is 1.65. The lowest BCUT2D eigenvalue weighted by Crippen LogP contribution is -2.38. The van der Waals surface area contributed by atoms with Crippen LogP contribution in [0.2, 0.25) is 0 Å². The minimum atomic E-state index is 0.0479. The first kappa shape index (κ1) is 15.5. The first-order valence-electron chi connectivity index (χ1n) is 6.66. The van der Waals surface area contributed by atoms with Gasteiger partial charge in [-0.05, 0) is 44.9 Å². The maximum Gasteiger partial charge on any atom is 0.221 e. The molecule has 0 atom stereocenters. The Bertz CT molecular complexity index is 394. The number of benzene rings is 1. The second-order valence-electron chi connectivity index (χ2n) is 5.69. The molecule has 1 aromatic carbocycles. The van der Waals surface area contributed by atoms with Gasteiger partial charge in [0.15, 0.2) is 0 Å². The van der Waals surface area contributed by atoms with Crippen LogP contribution < -0.4 is 10.6 Å². The highest BCUT2D eigenvalue weighted by Gasteiger charge is 2.09. The molecule has 0 saturated heterocycles. The zero-order chi connectivity index (χ0) is 14.3. The van der Waals surface area contributed by atoms with Crippen molar-refractivity contribution in [2.75, 3.05) is 13.1 Å². The SMILES string of the molecule is CC(C)(C)NCCC(=O)NCCc1ccc(O)cc1. The Kier molecular flexibility index (Phi) is 5.83. The second-order valence-corrected chi connectivity index (χ2v) is 5.69. The number of rotatable bonds is 6. The Labute approximate surface area is 115 Å². The van der Waals surface area contributed by atoms with E-state index in [2.05, 4.69) is 31.4 Å². The Balaban J connectivity index is 2.15. The monoisotopic (exact) mass is 264 g/mol. The van der Waals surface area contributed by atoms with E-state index < -0.39 is 0 Å². The number of nitrogens with one attached hydrogen (secondary N) is 2. The van der Waals surface area contributed by atoms with E-state index in [1.54, 1.807) is 12.1 Å². The molecule has 0 aliphatic rings. The molecule has 0 saturated carbocycles. The summed E-state index contributed by atoms with van der Waals surface area (Å²) < 4.78 is 0. The number of carbonyl (C=O) groups is 1. The summed E-state index contributed by atoms with van der Waals surface area (Å²) in [5, 5.41) is 15.3. The molecule has 0 aliphatic carbocycles. The summed E-state index contributed by atoms with van der Waals surface area (Å²) in [5.41, 5.74) is 1.15. The number of hydrogen-bond acceptors (Lipinski definition) is 3. The molecule has 4 nitrogen and oxygen atoms in total. The molecule has 0 fully saturated rings. The summed E-state index contributed by atoms with van der Waals surface area (Å²) in [6.07, 6.45) is 1.27. The normalized spacial score (nSPS) is 11.3. The molecule has 1 amide bonds. The molecule has 0 heterocycles. The van der Waals surface area contributed by atoms with Gasteiger partial charge in [0.25, 0.3) is 0 Å². The van der Waals surface area contributed by atoms with Gasteiger partial charge in [0.1, 0.15) is 5.75 Å². The van der Waals surface area contributed by atoms with E-state index in [9.17, 15) is 4.79 Å². The molecule has 0 bridgehead atoms. The van der Waals surface area contributed by atoms with Crippen LogP contribution in [0, 0.1) is 0 Å². The maximum absolute atomic E-state index is 11.6. The van der Waals surface area contributed by atoms with Crippen LogP contribution in [0.4, 0.5) is 0 Å². The van der Waals surface area contributed by atoms with E-state index >= 15 is 0 Å². The van der Waals surface area contributed by atoms with Crippen LogP contribution in [0.15, 0.2) is 24.3 Å². The van der Waals surface area contributed by atoms with Crippen molar-refractivity contribution in [2.45, 2.75) is 39.2 Å². The summed E-state index contributed by atoms with van der Waals surface area (Å²) in [6, 6.07) is 7.04. The summed E-state index contributed by atoms with van der Waals surface area (Å²) >= 11 is 0. The van der Waals surface area contributed by atoms with Crippen LogP contribution >= 0.6 is 0 Å². The number of hydrogen-bond donors (Lipinski definition) is 3. The van der Waals surface area contributed by atoms with Crippen molar-refractivity contribution >= 4 is 5.91 Å². The molecular formula is C15H24N2O2. The van der Waals surface area contributed by atoms with Gasteiger partial charge in [-0.3, -0.25) is 4.79 Å². The van der Waals surface area contributed by atoms with Crippen LogP contribution in [0.3, 0.4) is 0 Å². The molecular weight excluding hydrogens is 240 g/mol. The fraction of sp³-hybridized carbons (Fsp3) is 0.533. The van der Waals surface area contributed by atoms with Gasteiger partial charge in [-0.2, -0.15) is 0 Å². The second kappa shape index (κ2) is 7.14. The van der Waals surface area contributed by atoms with E-state index in [-0.39, 0.29) is 17.2 Å². The molecule has 1 aromatic rings. The number of aromatic hydroxyl groups is 1. The van der Waals surface area contributed by atoms with E-state index in [4.69, 9.17) is 5.11 Å². The third-order valence-electron chi connectivity index (χ3n) is 2.68. The van der Waals surface area contributed by atoms with Crippen molar-refractivity contribution in [1.29, 1.82) is 0 Å².